The molecule has 110 valence electrons. The smallest absolute Gasteiger partial charge is 0.243 e. The number of carbonyl (C=O) groups is 1. The number of aromatic nitrogens is 2. The Labute approximate surface area is 128 Å². The van der Waals surface area contributed by atoms with Crippen LogP contribution in [0.2, 0.25) is 5.02 Å². The number of anilines is 2. The van der Waals surface area contributed by atoms with Crippen molar-refractivity contribution in [3.05, 3.63) is 47.4 Å². The van der Waals surface area contributed by atoms with E-state index >= 15 is 0 Å². The Morgan fingerprint density at radius 1 is 1.24 bits per heavy atom. The van der Waals surface area contributed by atoms with Gasteiger partial charge < -0.3 is 10.6 Å². The zero-order valence-corrected chi connectivity index (χ0v) is 12.7. The second kappa shape index (κ2) is 7.04. The van der Waals surface area contributed by atoms with E-state index in [1.165, 1.54) is 0 Å². The average molecular weight is 305 g/mol. The molecule has 2 rings (SSSR count). The fourth-order valence-corrected chi connectivity index (χ4v) is 1.79. The van der Waals surface area contributed by atoms with E-state index in [0.717, 1.165) is 5.82 Å². The van der Waals surface area contributed by atoms with Crippen LogP contribution in [0.4, 0.5) is 11.5 Å². The van der Waals surface area contributed by atoms with Gasteiger partial charge in [0.05, 0.1) is 6.54 Å². The Hall–Kier alpha value is -2.14. The molecule has 0 aliphatic carbocycles. The highest BCUT2D eigenvalue weighted by Gasteiger charge is 2.06. The molecular formula is C15H17ClN4O. The summed E-state index contributed by atoms with van der Waals surface area (Å²) in [7, 11) is 0. The molecule has 1 aromatic heterocycles. The number of benzene rings is 1. The molecule has 0 radical (unpaired) electrons. The molecule has 5 nitrogen and oxygen atoms in total. The second-order valence-electron chi connectivity index (χ2n) is 4.86. The van der Waals surface area contributed by atoms with Crippen LogP contribution in [0.5, 0.6) is 0 Å². The van der Waals surface area contributed by atoms with E-state index in [2.05, 4.69) is 20.6 Å². The van der Waals surface area contributed by atoms with Gasteiger partial charge in [-0.05, 0) is 30.3 Å². The van der Waals surface area contributed by atoms with Crippen LogP contribution in [-0.4, -0.2) is 22.4 Å². The number of carbonyl (C=O) groups excluding carboxylic acids is 1. The molecule has 0 spiro atoms. The van der Waals surface area contributed by atoms with Crippen molar-refractivity contribution >= 4 is 29.0 Å². The number of hydrogen-bond acceptors (Lipinski definition) is 4. The minimum atomic E-state index is -0.151. The van der Waals surface area contributed by atoms with Crippen molar-refractivity contribution in [3.8, 4) is 0 Å². The first kappa shape index (κ1) is 15.3. The van der Waals surface area contributed by atoms with E-state index in [9.17, 15) is 4.79 Å². The molecule has 6 heteroatoms. The maximum Gasteiger partial charge on any atom is 0.243 e. The Balaban J connectivity index is 1.89. The molecule has 0 saturated carbocycles. The highest BCUT2D eigenvalue weighted by Crippen LogP contribution is 2.13. The van der Waals surface area contributed by atoms with E-state index in [0.29, 0.717) is 16.5 Å². The third-order valence-corrected chi connectivity index (χ3v) is 3.00. The van der Waals surface area contributed by atoms with Crippen LogP contribution < -0.4 is 10.6 Å². The summed E-state index contributed by atoms with van der Waals surface area (Å²) in [6, 6.07) is 8.69. The SMILES string of the molecule is CC(C)c1nccc(NCC(=O)Nc2ccc(Cl)cc2)n1. The largest absolute Gasteiger partial charge is 0.361 e. The normalized spacial score (nSPS) is 10.5. The molecule has 1 amide bonds. The van der Waals surface area contributed by atoms with Gasteiger partial charge in [-0.15, -0.1) is 0 Å². The lowest BCUT2D eigenvalue weighted by atomic mass is 10.2. The van der Waals surface area contributed by atoms with Crippen LogP contribution in [0.25, 0.3) is 0 Å². The van der Waals surface area contributed by atoms with Gasteiger partial charge in [0.15, 0.2) is 0 Å². The summed E-state index contributed by atoms with van der Waals surface area (Å²) < 4.78 is 0. The van der Waals surface area contributed by atoms with Crippen molar-refractivity contribution in [1.82, 2.24) is 9.97 Å². The van der Waals surface area contributed by atoms with Crippen LogP contribution in [0, 0.1) is 0 Å². The zero-order chi connectivity index (χ0) is 15.2. The molecule has 0 unspecified atom stereocenters. The van der Waals surface area contributed by atoms with Gasteiger partial charge in [0.25, 0.3) is 0 Å². The van der Waals surface area contributed by atoms with Gasteiger partial charge in [-0.1, -0.05) is 25.4 Å². The molecule has 0 saturated heterocycles. The van der Waals surface area contributed by atoms with E-state index in [1.807, 2.05) is 13.8 Å². The molecule has 0 aliphatic rings. The highest BCUT2D eigenvalue weighted by atomic mass is 35.5. The van der Waals surface area contributed by atoms with Gasteiger partial charge in [0.2, 0.25) is 5.91 Å². The predicted octanol–water partition coefficient (Wildman–Crippen LogP) is 3.30. The van der Waals surface area contributed by atoms with Gasteiger partial charge in [0, 0.05) is 22.8 Å². The number of rotatable bonds is 5. The third-order valence-electron chi connectivity index (χ3n) is 2.75. The maximum absolute atomic E-state index is 11.8. The molecule has 0 bridgehead atoms. The summed E-state index contributed by atoms with van der Waals surface area (Å²) in [4.78, 5) is 20.4. The molecule has 1 aromatic carbocycles. The Morgan fingerprint density at radius 3 is 2.62 bits per heavy atom. The van der Waals surface area contributed by atoms with Crippen LogP contribution in [0.3, 0.4) is 0 Å². The average Bonchev–Trinajstić information content (AvgIpc) is 2.48. The quantitative estimate of drug-likeness (QED) is 0.889. The second-order valence-corrected chi connectivity index (χ2v) is 5.30. The molecule has 2 aromatic rings. The first-order chi connectivity index (χ1) is 10.0. The summed E-state index contributed by atoms with van der Waals surface area (Å²) in [6.07, 6.45) is 1.68. The summed E-state index contributed by atoms with van der Waals surface area (Å²) >= 11 is 5.79. The van der Waals surface area contributed by atoms with E-state index < -0.39 is 0 Å². The first-order valence-corrected chi connectivity index (χ1v) is 7.04. The lowest BCUT2D eigenvalue weighted by molar-refractivity contribution is -0.114. The Morgan fingerprint density at radius 2 is 1.95 bits per heavy atom. The lowest BCUT2D eigenvalue weighted by Gasteiger charge is -2.09. The van der Waals surface area contributed by atoms with Gasteiger partial charge >= 0.3 is 0 Å². The zero-order valence-electron chi connectivity index (χ0n) is 11.9. The molecular weight excluding hydrogens is 288 g/mol. The number of hydrogen-bond donors (Lipinski definition) is 2. The summed E-state index contributed by atoms with van der Waals surface area (Å²) in [5, 5.41) is 6.39. The van der Waals surface area contributed by atoms with Crippen LogP contribution >= 0.6 is 11.6 Å². The molecule has 0 fully saturated rings. The monoisotopic (exact) mass is 304 g/mol. The number of nitrogens with one attached hydrogen (secondary N) is 2. The Kier molecular flexibility index (Phi) is 5.11. The standard InChI is InChI=1S/C15H17ClN4O/c1-10(2)15-17-8-7-13(20-15)18-9-14(21)19-12-5-3-11(16)4-6-12/h3-8,10H,9H2,1-2H3,(H,19,21)(H,17,18,20). The fraction of sp³-hybridized carbons (Fsp3) is 0.267. The number of halogens is 1. The highest BCUT2D eigenvalue weighted by molar-refractivity contribution is 6.30. The van der Waals surface area contributed by atoms with E-state index in [1.54, 1.807) is 36.5 Å². The summed E-state index contributed by atoms with van der Waals surface area (Å²) in [5.74, 6) is 1.48. The number of amides is 1. The van der Waals surface area contributed by atoms with Crippen molar-refractivity contribution in [3.63, 3.8) is 0 Å². The van der Waals surface area contributed by atoms with Crippen molar-refractivity contribution in [2.75, 3.05) is 17.2 Å². The molecule has 2 N–H and O–H groups in total. The van der Waals surface area contributed by atoms with Crippen LogP contribution in [-0.2, 0) is 4.79 Å². The van der Waals surface area contributed by atoms with Crippen molar-refractivity contribution < 1.29 is 4.79 Å². The Bertz CT molecular complexity index is 613. The lowest BCUT2D eigenvalue weighted by Crippen LogP contribution is -2.22. The molecule has 21 heavy (non-hydrogen) atoms. The summed E-state index contributed by atoms with van der Waals surface area (Å²) in [6.45, 7) is 4.18. The fourth-order valence-electron chi connectivity index (χ4n) is 1.66. The topological polar surface area (TPSA) is 66.9 Å². The van der Waals surface area contributed by atoms with Crippen molar-refractivity contribution in [2.45, 2.75) is 19.8 Å². The van der Waals surface area contributed by atoms with Gasteiger partial charge in [-0.2, -0.15) is 0 Å². The van der Waals surface area contributed by atoms with Crippen LogP contribution in [0.1, 0.15) is 25.6 Å². The van der Waals surface area contributed by atoms with E-state index in [-0.39, 0.29) is 18.4 Å². The molecule has 0 atom stereocenters. The van der Waals surface area contributed by atoms with Crippen LogP contribution in [0.15, 0.2) is 36.5 Å². The number of nitrogens with zero attached hydrogens (tertiary/aromatic N) is 2. The summed E-state index contributed by atoms with van der Waals surface area (Å²) in [5.41, 5.74) is 0.705. The predicted molar refractivity (Wildman–Crippen MR) is 84.7 cm³/mol. The van der Waals surface area contributed by atoms with Gasteiger partial charge in [-0.25, -0.2) is 9.97 Å². The first-order valence-electron chi connectivity index (χ1n) is 6.67. The van der Waals surface area contributed by atoms with E-state index in [4.69, 9.17) is 11.6 Å². The minimum absolute atomic E-state index is 0.136. The van der Waals surface area contributed by atoms with Crippen molar-refractivity contribution in [2.24, 2.45) is 0 Å². The van der Waals surface area contributed by atoms with Gasteiger partial charge in [-0.3, -0.25) is 4.79 Å². The third kappa shape index (κ3) is 4.72. The molecule has 0 aliphatic heterocycles. The maximum atomic E-state index is 11.8. The van der Waals surface area contributed by atoms with Gasteiger partial charge in [0.1, 0.15) is 11.6 Å². The molecule has 1 heterocycles. The van der Waals surface area contributed by atoms with Crippen molar-refractivity contribution in [1.29, 1.82) is 0 Å². The minimum Gasteiger partial charge on any atom is -0.361 e.